The van der Waals surface area contributed by atoms with Gasteiger partial charge < -0.3 is 24.4 Å². The molecule has 1 aromatic heterocycles. The minimum Gasteiger partial charge on any atom is -0.487 e. The summed E-state index contributed by atoms with van der Waals surface area (Å²) in [7, 11) is 0. The van der Waals surface area contributed by atoms with Crippen LogP contribution in [0.15, 0.2) is 66.9 Å². The molecule has 0 radical (unpaired) electrons. The highest BCUT2D eigenvalue weighted by atomic mass is 19.1. The second-order valence-electron chi connectivity index (χ2n) is 16.2. The summed E-state index contributed by atoms with van der Waals surface area (Å²) in [6.45, 7) is 7.11. The molecule has 294 valence electrons. The number of nitrogens with zero attached hydrogens (tertiary/aromatic N) is 4. The van der Waals surface area contributed by atoms with Crippen LogP contribution in [-0.2, 0) is 26.3 Å². The summed E-state index contributed by atoms with van der Waals surface area (Å²) in [6.07, 6.45) is 2.69. The number of piperidine rings is 1. The first kappa shape index (κ1) is 36.7. The maximum absolute atomic E-state index is 15.5. The van der Waals surface area contributed by atoms with E-state index in [9.17, 15) is 19.2 Å². The number of ether oxygens (including phenoxy) is 3. The minimum atomic E-state index is -1.03. The lowest BCUT2D eigenvalue weighted by Gasteiger charge is -2.54. The highest BCUT2D eigenvalue weighted by molar-refractivity contribution is 6.23. The Morgan fingerprint density at radius 3 is 2.28 bits per heavy atom. The molecule has 3 saturated heterocycles. The Labute approximate surface area is 326 Å². The number of halogens is 2. The highest BCUT2D eigenvalue weighted by Crippen LogP contribution is 2.40. The predicted molar refractivity (Wildman–Crippen MR) is 201 cm³/mol. The molecular formula is C42H40F2N6O7. The second kappa shape index (κ2) is 13.9. The second-order valence-corrected chi connectivity index (χ2v) is 16.2. The first-order valence-electron chi connectivity index (χ1n) is 19.0. The Balaban J connectivity index is 0.777. The topological polar surface area (TPSA) is 152 Å². The van der Waals surface area contributed by atoms with Crippen LogP contribution in [0.3, 0.4) is 0 Å². The third-order valence-electron chi connectivity index (χ3n) is 11.7. The Morgan fingerprint density at radius 1 is 0.912 bits per heavy atom. The van der Waals surface area contributed by atoms with Crippen LogP contribution in [-0.4, -0.2) is 83.0 Å². The summed E-state index contributed by atoms with van der Waals surface area (Å²) in [5, 5.41) is 5.53. The van der Waals surface area contributed by atoms with Crippen LogP contribution < -0.4 is 25.0 Å². The summed E-state index contributed by atoms with van der Waals surface area (Å²) >= 11 is 0. The summed E-state index contributed by atoms with van der Waals surface area (Å²) in [5.41, 5.74) is 2.42. The number of imide groups is 2. The standard InChI is InChI=1S/C42H40F2N6O7/c1-41(2,23-3-8-34(31(43)13-23)56-18-26-11-12-45-40(47-26)49-19-42(20-49)21-55-22-42)24-4-9-35(32(44)14-24)57-28-15-27(16-28)46-25-5-6-29-30(17-25)39(54)50(38(29)53)33-7-10-36(51)48-37(33)52/h3-6,8-9,11-14,17,27-28,33,46H,7,10,15-16,18-22H2,1-2H3,(H,48,51,52)/t27-,28+,33?. The van der Waals surface area contributed by atoms with Crippen LogP contribution in [0.2, 0.25) is 0 Å². The normalized spacial score (nSPS) is 22.4. The maximum atomic E-state index is 15.5. The number of hydrogen-bond donors (Lipinski definition) is 2. The van der Waals surface area contributed by atoms with Crippen molar-refractivity contribution >= 4 is 35.3 Å². The molecule has 57 heavy (non-hydrogen) atoms. The van der Waals surface area contributed by atoms with Gasteiger partial charge in [-0.1, -0.05) is 26.0 Å². The van der Waals surface area contributed by atoms with Crippen molar-refractivity contribution < 1.29 is 42.2 Å². The molecule has 4 amide bonds. The largest absolute Gasteiger partial charge is 0.487 e. The molecule has 1 atom stereocenters. The molecule has 0 bridgehead atoms. The smallest absolute Gasteiger partial charge is 0.262 e. The van der Waals surface area contributed by atoms with Crippen molar-refractivity contribution in [3.05, 3.63) is 106 Å². The molecule has 5 aliphatic rings. The summed E-state index contributed by atoms with van der Waals surface area (Å²) in [5.74, 6) is -2.48. The van der Waals surface area contributed by atoms with E-state index in [0.717, 1.165) is 31.2 Å². The maximum Gasteiger partial charge on any atom is 0.262 e. The summed E-state index contributed by atoms with van der Waals surface area (Å²) in [6, 6.07) is 15.1. The van der Waals surface area contributed by atoms with Crippen LogP contribution in [0.25, 0.3) is 0 Å². The van der Waals surface area contributed by atoms with Crippen LogP contribution in [0, 0.1) is 17.0 Å². The number of carbonyl (C=O) groups excluding carboxylic acids is 4. The lowest BCUT2D eigenvalue weighted by Crippen LogP contribution is -2.66. The fourth-order valence-corrected chi connectivity index (χ4v) is 8.16. The van der Waals surface area contributed by atoms with E-state index in [1.807, 2.05) is 13.8 Å². The molecule has 3 aromatic carbocycles. The van der Waals surface area contributed by atoms with Gasteiger partial charge >= 0.3 is 0 Å². The third-order valence-corrected chi connectivity index (χ3v) is 11.7. The van der Waals surface area contributed by atoms with E-state index in [4.69, 9.17) is 14.2 Å². The zero-order valence-corrected chi connectivity index (χ0v) is 31.3. The molecule has 15 heteroatoms. The van der Waals surface area contributed by atoms with Crippen molar-refractivity contribution in [1.29, 1.82) is 0 Å². The molecule has 4 aliphatic heterocycles. The molecule has 1 spiro atoms. The number of rotatable bonds is 11. The molecule has 4 fully saturated rings. The monoisotopic (exact) mass is 778 g/mol. The van der Waals surface area contributed by atoms with Crippen molar-refractivity contribution in [2.24, 2.45) is 5.41 Å². The van der Waals surface area contributed by atoms with E-state index in [1.165, 1.54) is 12.1 Å². The molecular weight excluding hydrogens is 738 g/mol. The number of aromatic nitrogens is 2. The van der Waals surface area contributed by atoms with Crippen molar-refractivity contribution in [2.45, 2.75) is 69.7 Å². The number of benzene rings is 3. The van der Waals surface area contributed by atoms with Gasteiger partial charge in [-0.15, -0.1) is 0 Å². The highest BCUT2D eigenvalue weighted by Gasteiger charge is 2.50. The molecule has 1 unspecified atom stereocenters. The van der Waals surface area contributed by atoms with E-state index in [2.05, 4.69) is 25.5 Å². The van der Waals surface area contributed by atoms with Gasteiger partial charge in [0, 0.05) is 55.7 Å². The van der Waals surface area contributed by atoms with Gasteiger partial charge in [0.25, 0.3) is 11.8 Å². The third kappa shape index (κ3) is 6.73. The Hall–Kier alpha value is -5.96. The van der Waals surface area contributed by atoms with E-state index in [1.54, 1.807) is 54.7 Å². The summed E-state index contributed by atoms with van der Waals surface area (Å²) in [4.78, 5) is 62.1. The van der Waals surface area contributed by atoms with Crippen molar-refractivity contribution in [1.82, 2.24) is 20.2 Å². The van der Waals surface area contributed by atoms with Gasteiger partial charge in [-0.2, -0.15) is 0 Å². The number of carbonyl (C=O) groups is 4. The van der Waals surface area contributed by atoms with Gasteiger partial charge in [0.05, 0.1) is 35.4 Å². The number of amides is 4. The number of fused-ring (bicyclic) bond motifs is 1. The van der Waals surface area contributed by atoms with Crippen LogP contribution in [0.1, 0.15) is 77.1 Å². The quantitative estimate of drug-likeness (QED) is 0.200. The van der Waals surface area contributed by atoms with Gasteiger partial charge in [-0.05, 0) is 66.1 Å². The van der Waals surface area contributed by atoms with E-state index in [0.29, 0.717) is 41.3 Å². The van der Waals surface area contributed by atoms with Crippen LogP contribution in [0.4, 0.5) is 20.4 Å². The molecule has 4 aromatic rings. The van der Waals surface area contributed by atoms with E-state index < -0.39 is 46.7 Å². The first-order valence-corrected chi connectivity index (χ1v) is 19.0. The van der Waals surface area contributed by atoms with Gasteiger partial charge in [0.1, 0.15) is 18.8 Å². The average molecular weight is 779 g/mol. The molecule has 5 heterocycles. The predicted octanol–water partition coefficient (Wildman–Crippen LogP) is 4.92. The van der Waals surface area contributed by atoms with Gasteiger partial charge in [0.15, 0.2) is 23.1 Å². The zero-order valence-electron chi connectivity index (χ0n) is 31.3. The Morgan fingerprint density at radius 2 is 1.61 bits per heavy atom. The van der Waals surface area contributed by atoms with E-state index in [-0.39, 0.29) is 59.6 Å². The van der Waals surface area contributed by atoms with Gasteiger partial charge in [-0.25, -0.2) is 18.7 Å². The van der Waals surface area contributed by atoms with Gasteiger partial charge in [-0.3, -0.25) is 29.4 Å². The number of anilines is 2. The fraction of sp³-hybridized carbons (Fsp3) is 0.381. The molecule has 13 nitrogen and oxygen atoms in total. The summed E-state index contributed by atoms with van der Waals surface area (Å²) < 4.78 is 48.0. The minimum absolute atomic E-state index is 0.0196. The van der Waals surface area contributed by atoms with Crippen LogP contribution >= 0.6 is 0 Å². The first-order chi connectivity index (χ1) is 27.4. The molecule has 1 saturated carbocycles. The average Bonchev–Trinajstić information content (AvgIpc) is 3.37. The molecule has 2 N–H and O–H groups in total. The van der Waals surface area contributed by atoms with Gasteiger partial charge in [0.2, 0.25) is 17.8 Å². The van der Waals surface area contributed by atoms with Crippen molar-refractivity contribution in [3.63, 3.8) is 0 Å². The lowest BCUT2D eigenvalue weighted by molar-refractivity contribution is -0.136. The molecule has 9 rings (SSSR count). The molecule has 1 aliphatic carbocycles. The van der Waals surface area contributed by atoms with Crippen molar-refractivity contribution in [3.8, 4) is 11.5 Å². The van der Waals surface area contributed by atoms with E-state index >= 15 is 8.78 Å². The fourth-order valence-electron chi connectivity index (χ4n) is 8.16. The SMILES string of the molecule is CC(C)(c1ccc(OCc2ccnc(N3CC4(COC4)C3)n2)c(F)c1)c1ccc(O[C@H]2C[C@@H](Nc3ccc4c(c3)C(=O)N(C3CCC(=O)NC3=O)C4=O)C2)c(F)c1. The number of nitrogens with one attached hydrogen (secondary N) is 2. The number of hydrogen-bond acceptors (Lipinski definition) is 11. The Kier molecular flexibility index (Phi) is 8.94. The Bertz CT molecular complexity index is 2320. The van der Waals surface area contributed by atoms with Crippen LogP contribution in [0.5, 0.6) is 11.5 Å². The lowest BCUT2D eigenvalue weighted by atomic mass is 9.78. The van der Waals surface area contributed by atoms with Crippen molar-refractivity contribution in [2.75, 3.05) is 36.5 Å². The zero-order chi connectivity index (χ0) is 39.6.